The Hall–Kier alpha value is -1.39. The number of rotatable bonds is 7. The van der Waals surface area contributed by atoms with Crippen LogP contribution in [0.4, 0.5) is 0 Å². The lowest BCUT2D eigenvalue weighted by atomic mass is 10.0. The molecular formula is C15H22N2O2. The van der Waals surface area contributed by atoms with Gasteiger partial charge < -0.3 is 15.7 Å². The molecule has 19 heavy (non-hydrogen) atoms. The zero-order chi connectivity index (χ0) is 13.7. The molecule has 3 N–H and O–H groups in total. The van der Waals surface area contributed by atoms with Crippen LogP contribution in [0.5, 0.6) is 0 Å². The quantitative estimate of drug-likeness (QED) is 0.781. The van der Waals surface area contributed by atoms with Crippen LogP contribution in [0.15, 0.2) is 30.3 Å². The summed E-state index contributed by atoms with van der Waals surface area (Å²) >= 11 is 0. The first-order valence-corrected chi connectivity index (χ1v) is 6.93. The van der Waals surface area contributed by atoms with Crippen molar-refractivity contribution in [3.63, 3.8) is 0 Å². The van der Waals surface area contributed by atoms with Crippen molar-refractivity contribution < 1.29 is 9.90 Å². The molecule has 1 saturated carbocycles. The van der Waals surface area contributed by atoms with Crippen LogP contribution in [-0.4, -0.2) is 35.1 Å². The first-order valence-electron chi connectivity index (χ1n) is 6.93. The van der Waals surface area contributed by atoms with E-state index in [0.29, 0.717) is 25.4 Å². The summed E-state index contributed by atoms with van der Waals surface area (Å²) in [6.45, 7) is 0.483. The molecule has 0 heterocycles. The fourth-order valence-corrected chi connectivity index (χ4v) is 2.29. The minimum Gasteiger partial charge on any atom is -0.395 e. The highest BCUT2D eigenvalue weighted by Gasteiger charge is 2.31. The van der Waals surface area contributed by atoms with Crippen molar-refractivity contribution in [3.05, 3.63) is 35.9 Å². The SMILES string of the molecule is NC(CCC(=O)N(CCO)C1CC1)c1ccccc1. The lowest BCUT2D eigenvalue weighted by molar-refractivity contribution is -0.132. The van der Waals surface area contributed by atoms with Gasteiger partial charge in [-0.15, -0.1) is 0 Å². The maximum absolute atomic E-state index is 12.1. The van der Waals surface area contributed by atoms with Gasteiger partial charge in [0.2, 0.25) is 5.91 Å². The maximum atomic E-state index is 12.1. The molecule has 0 aromatic heterocycles. The van der Waals surface area contributed by atoms with E-state index in [4.69, 9.17) is 10.8 Å². The average Bonchev–Trinajstić information content (AvgIpc) is 3.27. The van der Waals surface area contributed by atoms with Gasteiger partial charge in [0.1, 0.15) is 0 Å². The van der Waals surface area contributed by atoms with Crippen LogP contribution in [0.25, 0.3) is 0 Å². The number of hydrogen-bond acceptors (Lipinski definition) is 3. The second-order valence-electron chi connectivity index (χ2n) is 5.10. The Morgan fingerprint density at radius 1 is 1.37 bits per heavy atom. The third kappa shape index (κ3) is 4.04. The number of nitrogens with two attached hydrogens (primary N) is 1. The third-order valence-corrected chi connectivity index (χ3v) is 3.55. The lowest BCUT2D eigenvalue weighted by Gasteiger charge is -2.22. The van der Waals surface area contributed by atoms with Gasteiger partial charge in [0.05, 0.1) is 6.61 Å². The molecule has 4 nitrogen and oxygen atoms in total. The van der Waals surface area contributed by atoms with Gasteiger partial charge >= 0.3 is 0 Å². The number of hydrogen-bond donors (Lipinski definition) is 2. The zero-order valence-corrected chi connectivity index (χ0v) is 11.2. The Labute approximate surface area is 114 Å². The molecule has 1 amide bonds. The second-order valence-corrected chi connectivity index (χ2v) is 5.10. The molecule has 4 heteroatoms. The van der Waals surface area contributed by atoms with Crippen LogP contribution < -0.4 is 5.73 Å². The fraction of sp³-hybridized carbons (Fsp3) is 0.533. The summed E-state index contributed by atoms with van der Waals surface area (Å²) in [6.07, 6.45) is 3.23. The van der Waals surface area contributed by atoms with Gasteiger partial charge in [0.15, 0.2) is 0 Å². The van der Waals surface area contributed by atoms with Crippen molar-refractivity contribution in [1.29, 1.82) is 0 Å². The molecule has 1 aliphatic rings. The molecular weight excluding hydrogens is 240 g/mol. The van der Waals surface area contributed by atoms with Gasteiger partial charge in [-0.25, -0.2) is 0 Å². The first-order chi connectivity index (χ1) is 9.22. The second kappa shape index (κ2) is 6.68. The number of aliphatic hydroxyl groups is 1. The van der Waals surface area contributed by atoms with Gasteiger partial charge in [0.25, 0.3) is 0 Å². The molecule has 0 saturated heterocycles. The molecule has 0 radical (unpaired) electrons. The standard InChI is InChI=1S/C15H22N2O2/c16-14(12-4-2-1-3-5-12)8-9-15(19)17(10-11-18)13-6-7-13/h1-5,13-14,18H,6-11,16H2. The summed E-state index contributed by atoms with van der Waals surface area (Å²) in [5.74, 6) is 0.114. The van der Waals surface area contributed by atoms with E-state index >= 15 is 0 Å². The van der Waals surface area contributed by atoms with E-state index in [9.17, 15) is 4.79 Å². The Morgan fingerprint density at radius 3 is 2.63 bits per heavy atom. The van der Waals surface area contributed by atoms with Gasteiger partial charge in [-0.2, -0.15) is 0 Å². The Bertz CT molecular complexity index is 404. The van der Waals surface area contributed by atoms with Gasteiger partial charge in [-0.3, -0.25) is 4.79 Å². The van der Waals surface area contributed by atoms with Gasteiger partial charge in [0, 0.05) is 25.0 Å². The average molecular weight is 262 g/mol. The summed E-state index contributed by atoms with van der Waals surface area (Å²) in [6, 6.07) is 10.1. The molecule has 1 fully saturated rings. The van der Waals surface area contributed by atoms with Crippen molar-refractivity contribution in [2.24, 2.45) is 5.73 Å². The molecule has 0 aliphatic heterocycles. The lowest BCUT2D eigenvalue weighted by Crippen LogP contribution is -2.35. The molecule has 2 rings (SSSR count). The number of benzene rings is 1. The fourth-order valence-electron chi connectivity index (χ4n) is 2.29. The van der Waals surface area contributed by atoms with Crippen molar-refractivity contribution in [2.75, 3.05) is 13.2 Å². The number of nitrogens with zero attached hydrogens (tertiary/aromatic N) is 1. The summed E-state index contributed by atoms with van der Waals surface area (Å²) in [4.78, 5) is 13.9. The predicted octanol–water partition coefficient (Wildman–Crippen LogP) is 1.45. The molecule has 1 aromatic rings. The largest absolute Gasteiger partial charge is 0.395 e. The molecule has 0 bridgehead atoms. The normalized spacial score (nSPS) is 16.1. The molecule has 104 valence electrons. The topological polar surface area (TPSA) is 66.6 Å². The minimum atomic E-state index is -0.0969. The van der Waals surface area contributed by atoms with E-state index in [1.807, 2.05) is 30.3 Å². The van der Waals surface area contributed by atoms with Crippen LogP contribution in [0.2, 0.25) is 0 Å². The van der Waals surface area contributed by atoms with Crippen LogP contribution in [0.3, 0.4) is 0 Å². The van der Waals surface area contributed by atoms with Gasteiger partial charge in [-0.1, -0.05) is 30.3 Å². The van der Waals surface area contributed by atoms with Crippen LogP contribution >= 0.6 is 0 Å². The predicted molar refractivity (Wildman–Crippen MR) is 74.4 cm³/mol. The molecule has 1 unspecified atom stereocenters. The Kier molecular flexibility index (Phi) is 4.93. The van der Waals surface area contributed by atoms with E-state index < -0.39 is 0 Å². The van der Waals surface area contributed by atoms with E-state index in [1.54, 1.807) is 4.90 Å². The number of amides is 1. The van der Waals surface area contributed by atoms with Crippen molar-refractivity contribution in [1.82, 2.24) is 4.90 Å². The maximum Gasteiger partial charge on any atom is 0.222 e. The van der Waals surface area contributed by atoms with Crippen molar-refractivity contribution >= 4 is 5.91 Å². The Balaban J connectivity index is 1.82. The van der Waals surface area contributed by atoms with Crippen LogP contribution in [0, 0.1) is 0 Å². The van der Waals surface area contributed by atoms with Crippen LogP contribution in [0.1, 0.15) is 37.3 Å². The smallest absolute Gasteiger partial charge is 0.222 e. The minimum absolute atomic E-state index is 0.0347. The molecule has 1 atom stereocenters. The van der Waals surface area contributed by atoms with Gasteiger partial charge in [-0.05, 0) is 24.8 Å². The molecule has 1 aliphatic carbocycles. The number of carbonyl (C=O) groups excluding carboxylic acids is 1. The summed E-state index contributed by atoms with van der Waals surface area (Å²) in [7, 11) is 0. The number of aliphatic hydroxyl groups excluding tert-OH is 1. The van der Waals surface area contributed by atoms with E-state index in [1.165, 1.54) is 0 Å². The first kappa shape index (κ1) is 14.0. The van der Waals surface area contributed by atoms with Crippen LogP contribution in [-0.2, 0) is 4.79 Å². The number of carbonyl (C=O) groups is 1. The highest BCUT2D eigenvalue weighted by molar-refractivity contribution is 5.77. The van der Waals surface area contributed by atoms with Crippen molar-refractivity contribution in [2.45, 2.75) is 37.8 Å². The highest BCUT2D eigenvalue weighted by atomic mass is 16.3. The Morgan fingerprint density at radius 2 is 2.05 bits per heavy atom. The zero-order valence-electron chi connectivity index (χ0n) is 11.2. The molecule has 1 aromatic carbocycles. The molecule has 0 spiro atoms. The summed E-state index contributed by atoms with van der Waals surface area (Å²) in [5, 5.41) is 9.00. The van der Waals surface area contributed by atoms with E-state index in [2.05, 4.69) is 0 Å². The highest BCUT2D eigenvalue weighted by Crippen LogP contribution is 2.27. The third-order valence-electron chi connectivity index (χ3n) is 3.55. The van der Waals surface area contributed by atoms with E-state index in [0.717, 1.165) is 18.4 Å². The van der Waals surface area contributed by atoms with E-state index in [-0.39, 0.29) is 18.6 Å². The summed E-state index contributed by atoms with van der Waals surface area (Å²) < 4.78 is 0. The summed E-state index contributed by atoms with van der Waals surface area (Å²) in [5.41, 5.74) is 7.15. The monoisotopic (exact) mass is 262 g/mol. The van der Waals surface area contributed by atoms with Crippen molar-refractivity contribution in [3.8, 4) is 0 Å².